The van der Waals surface area contributed by atoms with E-state index in [4.69, 9.17) is 0 Å². The Morgan fingerprint density at radius 3 is 2.08 bits per heavy atom. The lowest BCUT2D eigenvalue weighted by Crippen LogP contribution is -2.40. The molecule has 0 N–H and O–H groups in total. The first-order chi connectivity index (χ1) is 11.4. The maximum atomic E-state index is 12.9. The highest BCUT2D eigenvalue weighted by atomic mass is 19.4. The number of imide groups is 1. The number of amides is 2. The minimum atomic E-state index is -4.50. The van der Waals surface area contributed by atoms with Crippen LogP contribution in [0.15, 0.2) is 36.4 Å². The highest BCUT2D eigenvalue weighted by molar-refractivity contribution is 6.22. The molecule has 0 spiro atoms. The third-order valence-electron chi connectivity index (χ3n) is 6.09. The largest absolute Gasteiger partial charge is 0.416 e. The summed E-state index contributed by atoms with van der Waals surface area (Å²) in [4.78, 5) is 26.7. The Balaban J connectivity index is 1.55. The van der Waals surface area contributed by atoms with Gasteiger partial charge in [-0.15, -0.1) is 0 Å². The summed E-state index contributed by atoms with van der Waals surface area (Å²) in [5.74, 6) is -0.395. The number of hydrogen-bond acceptors (Lipinski definition) is 2. The fourth-order valence-electron chi connectivity index (χ4n) is 5.03. The number of allylic oxidation sites excluding steroid dienone is 2. The van der Waals surface area contributed by atoms with Gasteiger partial charge >= 0.3 is 6.18 Å². The van der Waals surface area contributed by atoms with Crippen LogP contribution in [0.25, 0.3) is 0 Å². The van der Waals surface area contributed by atoms with Crippen LogP contribution >= 0.6 is 0 Å². The fourth-order valence-corrected chi connectivity index (χ4v) is 5.03. The van der Waals surface area contributed by atoms with Crippen LogP contribution in [-0.2, 0) is 15.8 Å². The van der Waals surface area contributed by atoms with Gasteiger partial charge < -0.3 is 0 Å². The first-order valence-electron chi connectivity index (χ1n) is 8.11. The molecule has 1 aromatic carbocycles. The van der Waals surface area contributed by atoms with E-state index < -0.39 is 23.6 Å². The number of nitrogens with zero attached hydrogens (tertiary/aromatic N) is 1. The minimum Gasteiger partial charge on any atom is -0.274 e. The zero-order chi connectivity index (χ0) is 16.8. The molecule has 1 heterocycles. The van der Waals surface area contributed by atoms with Gasteiger partial charge in [0.05, 0.1) is 23.1 Å². The number of halogens is 3. The Kier molecular flexibility index (Phi) is 2.55. The Bertz CT molecular complexity index is 764. The summed E-state index contributed by atoms with van der Waals surface area (Å²) < 4.78 is 38.8. The van der Waals surface area contributed by atoms with Gasteiger partial charge in [-0.05, 0) is 48.3 Å². The lowest BCUT2D eigenvalue weighted by Gasteiger charge is -2.37. The van der Waals surface area contributed by atoms with Crippen molar-refractivity contribution >= 4 is 17.5 Å². The molecule has 2 amide bonds. The molecule has 3 nitrogen and oxygen atoms in total. The third-order valence-corrected chi connectivity index (χ3v) is 6.09. The van der Waals surface area contributed by atoms with Crippen molar-refractivity contribution in [2.24, 2.45) is 35.5 Å². The van der Waals surface area contributed by atoms with Crippen LogP contribution in [0.4, 0.5) is 18.9 Å². The maximum Gasteiger partial charge on any atom is 0.416 e. The summed E-state index contributed by atoms with van der Waals surface area (Å²) in [7, 11) is 0. The van der Waals surface area contributed by atoms with Crippen molar-refractivity contribution in [3.63, 3.8) is 0 Å². The van der Waals surface area contributed by atoms with Gasteiger partial charge in [0.15, 0.2) is 0 Å². The standard InChI is InChI=1S/C18H14F3NO2/c19-18(20,21)8-2-1-3-9(6-8)22-16(23)14-10-4-5-11(13-7-12(10)13)15(14)17(22)24/h1-6,10-15H,7H2. The zero-order valence-electron chi connectivity index (χ0n) is 12.5. The molecule has 6 heteroatoms. The van der Waals surface area contributed by atoms with E-state index in [1.54, 1.807) is 0 Å². The van der Waals surface area contributed by atoms with Crippen molar-refractivity contribution in [2.75, 3.05) is 4.90 Å². The molecule has 124 valence electrons. The molecule has 3 fully saturated rings. The highest BCUT2D eigenvalue weighted by Gasteiger charge is 2.67. The number of benzene rings is 1. The van der Waals surface area contributed by atoms with Crippen LogP contribution in [0.1, 0.15) is 12.0 Å². The highest BCUT2D eigenvalue weighted by Crippen LogP contribution is 2.65. The van der Waals surface area contributed by atoms with Crippen molar-refractivity contribution < 1.29 is 22.8 Å². The normalized spacial score (nSPS) is 39.2. The minimum absolute atomic E-state index is 0.0299. The summed E-state index contributed by atoms with van der Waals surface area (Å²) in [6.07, 6.45) is 0.637. The second kappa shape index (κ2) is 4.29. The van der Waals surface area contributed by atoms with E-state index in [9.17, 15) is 22.8 Å². The average Bonchev–Trinajstić information content (AvgIpc) is 3.31. The summed E-state index contributed by atoms with van der Waals surface area (Å²) in [5.41, 5.74) is -0.818. The first kappa shape index (κ1) is 14.3. The van der Waals surface area contributed by atoms with E-state index in [1.165, 1.54) is 12.1 Å². The van der Waals surface area contributed by atoms with Crippen molar-refractivity contribution in [3.05, 3.63) is 42.0 Å². The Hall–Kier alpha value is -2.11. The maximum absolute atomic E-state index is 12.9. The van der Waals surface area contributed by atoms with Gasteiger partial charge in [0.2, 0.25) is 11.8 Å². The SMILES string of the molecule is O=C1C2C3C=CC(C4CC34)C2C(=O)N1c1cccc(C(F)(F)F)c1. The average molecular weight is 333 g/mol. The predicted octanol–water partition coefficient (Wildman–Crippen LogP) is 3.26. The van der Waals surface area contributed by atoms with Crippen molar-refractivity contribution in [1.29, 1.82) is 0 Å². The number of hydrogen-bond donors (Lipinski definition) is 0. The van der Waals surface area contributed by atoms with Crippen molar-refractivity contribution in [2.45, 2.75) is 12.6 Å². The van der Waals surface area contributed by atoms with Crippen LogP contribution < -0.4 is 4.90 Å². The Labute approximate surface area is 136 Å². The molecule has 2 bridgehead atoms. The zero-order valence-corrected chi connectivity index (χ0v) is 12.5. The van der Waals surface area contributed by atoms with Crippen LogP contribution in [0, 0.1) is 35.5 Å². The topological polar surface area (TPSA) is 37.4 Å². The lowest BCUT2D eigenvalue weighted by molar-refractivity contribution is -0.137. The van der Waals surface area contributed by atoms with Crippen molar-refractivity contribution in [1.82, 2.24) is 0 Å². The van der Waals surface area contributed by atoms with Gasteiger partial charge in [-0.3, -0.25) is 14.5 Å². The van der Waals surface area contributed by atoms with Gasteiger partial charge in [0, 0.05) is 0 Å². The molecule has 6 unspecified atom stereocenters. The molecular weight excluding hydrogens is 319 g/mol. The van der Waals surface area contributed by atoms with Gasteiger partial charge in [0.25, 0.3) is 0 Å². The number of alkyl halides is 3. The summed E-state index contributed by atoms with van der Waals surface area (Å²) >= 11 is 0. The van der Waals surface area contributed by atoms with Crippen LogP contribution in [0.5, 0.6) is 0 Å². The molecule has 4 aliphatic carbocycles. The molecule has 0 aromatic heterocycles. The molecule has 1 aliphatic heterocycles. The second-order valence-corrected chi connectivity index (χ2v) is 7.21. The second-order valence-electron chi connectivity index (χ2n) is 7.21. The first-order valence-corrected chi connectivity index (χ1v) is 8.11. The van der Waals surface area contributed by atoms with E-state index in [1.807, 2.05) is 12.2 Å². The van der Waals surface area contributed by atoms with E-state index in [0.717, 1.165) is 23.5 Å². The van der Waals surface area contributed by atoms with Crippen molar-refractivity contribution in [3.8, 4) is 0 Å². The number of carbonyl (C=O) groups excluding carboxylic acids is 2. The molecule has 1 aromatic rings. The quantitative estimate of drug-likeness (QED) is 0.584. The number of anilines is 1. The van der Waals surface area contributed by atoms with E-state index in [2.05, 4.69) is 0 Å². The molecule has 5 aliphatic rings. The van der Waals surface area contributed by atoms with Gasteiger partial charge in [-0.25, -0.2) is 0 Å². The number of rotatable bonds is 1. The Morgan fingerprint density at radius 1 is 0.958 bits per heavy atom. The molecule has 6 rings (SSSR count). The smallest absolute Gasteiger partial charge is 0.274 e. The molecule has 1 saturated heterocycles. The van der Waals surface area contributed by atoms with E-state index >= 15 is 0 Å². The molecular formula is C18H14F3NO2. The van der Waals surface area contributed by atoms with E-state index in [-0.39, 0.29) is 29.3 Å². The molecule has 6 atom stereocenters. The number of carbonyl (C=O) groups is 2. The van der Waals surface area contributed by atoms with E-state index in [0.29, 0.717) is 11.8 Å². The van der Waals surface area contributed by atoms with Gasteiger partial charge in [0.1, 0.15) is 0 Å². The molecule has 0 radical (unpaired) electrons. The summed E-state index contributed by atoms with van der Waals surface area (Å²) in [6.45, 7) is 0. The predicted molar refractivity (Wildman–Crippen MR) is 78.6 cm³/mol. The van der Waals surface area contributed by atoms with Gasteiger partial charge in [-0.1, -0.05) is 18.2 Å². The molecule has 24 heavy (non-hydrogen) atoms. The van der Waals surface area contributed by atoms with Gasteiger partial charge in [-0.2, -0.15) is 13.2 Å². The van der Waals surface area contributed by atoms with Crippen LogP contribution in [-0.4, -0.2) is 11.8 Å². The van der Waals surface area contributed by atoms with Crippen LogP contribution in [0.3, 0.4) is 0 Å². The van der Waals surface area contributed by atoms with Crippen LogP contribution in [0.2, 0.25) is 0 Å². The summed E-state index contributed by atoms with van der Waals surface area (Å²) in [5, 5.41) is 0. The molecule has 2 saturated carbocycles. The monoisotopic (exact) mass is 333 g/mol. The Morgan fingerprint density at radius 2 is 1.54 bits per heavy atom. The third kappa shape index (κ3) is 1.69. The summed E-state index contributed by atoms with van der Waals surface area (Å²) in [6, 6.07) is 4.48. The fraction of sp³-hybridized carbons (Fsp3) is 0.444. The lowest BCUT2D eigenvalue weighted by atomic mass is 9.63.